The summed E-state index contributed by atoms with van der Waals surface area (Å²) in [6, 6.07) is 15.8. The summed E-state index contributed by atoms with van der Waals surface area (Å²) >= 11 is 5.41. The minimum absolute atomic E-state index is 0.152. The lowest BCUT2D eigenvalue weighted by Gasteiger charge is -2.10. The van der Waals surface area contributed by atoms with Crippen LogP contribution in [0.25, 0.3) is 10.1 Å². The van der Waals surface area contributed by atoms with Crippen molar-refractivity contribution in [3.63, 3.8) is 0 Å². The topological polar surface area (TPSA) is 0 Å². The minimum atomic E-state index is -0.177. The van der Waals surface area contributed by atoms with E-state index in [0.717, 1.165) is 10.1 Å². The quantitative estimate of drug-likeness (QED) is 0.457. The van der Waals surface area contributed by atoms with Gasteiger partial charge in [0.25, 0.3) is 0 Å². The van der Waals surface area contributed by atoms with Gasteiger partial charge in [-0.15, -0.1) is 11.3 Å². The summed E-state index contributed by atoms with van der Waals surface area (Å²) in [5.41, 5.74) is 2.57. The highest BCUT2D eigenvalue weighted by Gasteiger charge is 2.14. The molecule has 0 fully saturated rings. The molecule has 0 aliphatic heterocycles. The van der Waals surface area contributed by atoms with Crippen molar-refractivity contribution in [2.24, 2.45) is 0 Å². The molecule has 0 amide bonds. The normalized spacial score (nSPS) is 13.0. The lowest BCUT2D eigenvalue weighted by molar-refractivity contribution is 0.630. The summed E-state index contributed by atoms with van der Waals surface area (Å²) in [6.45, 7) is 4.39. The zero-order valence-electron chi connectivity index (χ0n) is 11.9. The van der Waals surface area contributed by atoms with Crippen molar-refractivity contribution in [1.29, 1.82) is 0 Å². The zero-order valence-corrected chi connectivity index (χ0v) is 14.3. The second-order valence-corrected chi connectivity index (χ2v) is 7.55. The predicted octanol–water partition coefficient (Wildman–Crippen LogP) is 6.65. The van der Waals surface area contributed by atoms with E-state index in [2.05, 4.69) is 60.1 Å². The number of halogens is 2. The maximum absolute atomic E-state index is 13.3. The van der Waals surface area contributed by atoms with E-state index in [1.165, 1.54) is 22.1 Å². The van der Waals surface area contributed by atoms with Crippen LogP contribution >= 0.6 is 27.3 Å². The Balaban J connectivity index is 1.93. The number of rotatable bonds is 3. The molecule has 0 spiro atoms. The molecule has 1 aromatic heterocycles. The molecule has 0 radical (unpaired) electrons. The Morgan fingerprint density at radius 2 is 1.62 bits per heavy atom. The Labute approximate surface area is 136 Å². The molecular weight excluding hydrogens is 347 g/mol. The molecule has 1 heterocycles. The molecular formula is C18H16BrFS. The molecule has 3 rings (SSSR count). The van der Waals surface area contributed by atoms with Gasteiger partial charge in [-0.05, 0) is 40.6 Å². The Hall–Kier alpha value is -1.19. The lowest BCUT2D eigenvalue weighted by atomic mass is 10.0. The van der Waals surface area contributed by atoms with Crippen LogP contribution in [0.3, 0.4) is 0 Å². The Kier molecular flexibility index (Phi) is 4.14. The average Bonchev–Trinajstić information content (AvgIpc) is 2.89. The maximum atomic E-state index is 13.3. The number of hydrogen-bond acceptors (Lipinski definition) is 1. The zero-order chi connectivity index (χ0) is 15.0. The fourth-order valence-corrected chi connectivity index (χ4v) is 4.18. The van der Waals surface area contributed by atoms with E-state index in [-0.39, 0.29) is 10.6 Å². The van der Waals surface area contributed by atoms with Crippen LogP contribution in [0, 0.1) is 5.82 Å². The van der Waals surface area contributed by atoms with Gasteiger partial charge in [0.2, 0.25) is 0 Å². The van der Waals surface area contributed by atoms with E-state index < -0.39 is 0 Å². The third kappa shape index (κ3) is 3.04. The molecule has 1 atom stereocenters. The van der Waals surface area contributed by atoms with Crippen LogP contribution in [0.1, 0.15) is 40.6 Å². The molecule has 108 valence electrons. The largest absolute Gasteiger partial charge is 0.207 e. The standard InChI is InChI=1S/C18H16BrFS/c1-11(2)12-3-5-13(6-4-12)18(19)17-9-14-7-8-15(20)10-16(14)21-17/h3-11,18H,1-2H3. The highest BCUT2D eigenvalue weighted by atomic mass is 79.9. The number of hydrogen-bond donors (Lipinski definition) is 0. The first-order chi connectivity index (χ1) is 10.0. The van der Waals surface area contributed by atoms with Crippen molar-refractivity contribution in [1.82, 2.24) is 0 Å². The van der Waals surface area contributed by atoms with Crippen molar-refractivity contribution in [2.45, 2.75) is 24.6 Å². The highest BCUT2D eigenvalue weighted by Crippen LogP contribution is 2.38. The summed E-state index contributed by atoms with van der Waals surface area (Å²) in [4.78, 5) is 1.35. The van der Waals surface area contributed by atoms with Crippen LogP contribution < -0.4 is 0 Å². The highest BCUT2D eigenvalue weighted by molar-refractivity contribution is 9.09. The van der Waals surface area contributed by atoms with Gasteiger partial charge in [0.1, 0.15) is 5.82 Å². The molecule has 0 N–H and O–H groups in total. The first-order valence-electron chi connectivity index (χ1n) is 6.97. The summed E-state index contributed by atoms with van der Waals surface area (Å²) in [6.07, 6.45) is 0. The first kappa shape index (κ1) is 14.7. The summed E-state index contributed by atoms with van der Waals surface area (Å²) in [5.74, 6) is 0.364. The van der Waals surface area contributed by atoms with Crippen molar-refractivity contribution >= 4 is 37.4 Å². The molecule has 0 bridgehead atoms. The van der Waals surface area contributed by atoms with Crippen molar-refractivity contribution in [2.75, 3.05) is 0 Å². The molecule has 3 heteroatoms. The van der Waals surface area contributed by atoms with Gasteiger partial charge in [-0.25, -0.2) is 4.39 Å². The Morgan fingerprint density at radius 1 is 0.952 bits per heavy atom. The Bertz CT molecular complexity index is 758. The molecule has 2 aromatic carbocycles. The maximum Gasteiger partial charge on any atom is 0.124 e. The second kappa shape index (κ2) is 5.90. The summed E-state index contributed by atoms with van der Waals surface area (Å²) in [7, 11) is 0. The molecule has 0 saturated heterocycles. The molecule has 0 aliphatic carbocycles. The third-order valence-corrected chi connectivity index (χ3v) is 6.13. The first-order valence-corrected chi connectivity index (χ1v) is 8.71. The Morgan fingerprint density at radius 3 is 2.29 bits per heavy atom. The van der Waals surface area contributed by atoms with Gasteiger partial charge in [0, 0.05) is 9.58 Å². The van der Waals surface area contributed by atoms with Gasteiger partial charge in [0.15, 0.2) is 0 Å². The molecule has 21 heavy (non-hydrogen) atoms. The van der Waals surface area contributed by atoms with Crippen molar-refractivity contribution < 1.29 is 4.39 Å². The van der Waals surface area contributed by atoms with E-state index in [0.29, 0.717) is 5.92 Å². The lowest BCUT2D eigenvalue weighted by Crippen LogP contribution is -1.92. The van der Waals surface area contributed by atoms with Gasteiger partial charge < -0.3 is 0 Å². The third-order valence-electron chi connectivity index (χ3n) is 3.65. The number of thiophene rings is 1. The predicted molar refractivity (Wildman–Crippen MR) is 93.1 cm³/mol. The molecule has 0 saturated carbocycles. The van der Waals surface area contributed by atoms with Crippen LogP contribution in [-0.4, -0.2) is 0 Å². The van der Waals surface area contributed by atoms with E-state index in [4.69, 9.17) is 0 Å². The molecule has 0 aliphatic rings. The minimum Gasteiger partial charge on any atom is -0.207 e. The van der Waals surface area contributed by atoms with Crippen molar-refractivity contribution in [3.05, 3.63) is 70.4 Å². The van der Waals surface area contributed by atoms with Crippen molar-refractivity contribution in [3.8, 4) is 0 Å². The molecule has 0 nitrogen and oxygen atoms in total. The van der Waals surface area contributed by atoms with Gasteiger partial charge >= 0.3 is 0 Å². The summed E-state index contributed by atoms with van der Waals surface area (Å²) in [5, 5.41) is 1.10. The fraction of sp³-hybridized carbons (Fsp3) is 0.222. The van der Waals surface area contributed by atoms with Gasteiger partial charge in [0.05, 0.1) is 4.83 Å². The van der Waals surface area contributed by atoms with Crippen LogP contribution in [0.2, 0.25) is 0 Å². The van der Waals surface area contributed by atoms with E-state index >= 15 is 0 Å². The SMILES string of the molecule is CC(C)c1ccc(C(Br)c2cc3ccc(F)cc3s2)cc1. The van der Waals surface area contributed by atoms with E-state index in [9.17, 15) is 4.39 Å². The van der Waals surface area contributed by atoms with Crippen LogP contribution in [0.15, 0.2) is 48.5 Å². The monoisotopic (exact) mass is 362 g/mol. The van der Waals surface area contributed by atoms with Gasteiger partial charge in [-0.2, -0.15) is 0 Å². The molecule has 3 aromatic rings. The number of alkyl halides is 1. The fourth-order valence-electron chi connectivity index (χ4n) is 2.36. The van der Waals surface area contributed by atoms with Crippen LogP contribution in [-0.2, 0) is 0 Å². The van der Waals surface area contributed by atoms with Crippen LogP contribution in [0.4, 0.5) is 4.39 Å². The van der Waals surface area contributed by atoms with E-state index in [1.807, 2.05) is 6.07 Å². The summed E-state index contributed by atoms with van der Waals surface area (Å²) < 4.78 is 14.3. The average molecular weight is 363 g/mol. The number of benzene rings is 2. The van der Waals surface area contributed by atoms with Crippen LogP contribution in [0.5, 0.6) is 0 Å². The number of fused-ring (bicyclic) bond motifs is 1. The smallest absolute Gasteiger partial charge is 0.124 e. The van der Waals surface area contributed by atoms with Gasteiger partial charge in [-0.3, -0.25) is 0 Å². The molecule has 1 unspecified atom stereocenters. The van der Waals surface area contributed by atoms with Gasteiger partial charge in [-0.1, -0.05) is 60.1 Å². The van der Waals surface area contributed by atoms with E-state index in [1.54, 1.807) is 17.4 Å². The second-order valence-electron chi connectivity index (χ2n) is 5.51.